The fourth-order valence-corrected chi connectivity index (χ4v) is 2.96. The number of hydrogen-bond donors (Lipinski definition) is 2. The van der Waals surface area contributed by atoms with E-state index in [4.69, 9.17) is 10.3 Å². The third kappa shape index (κ3) is 3.53. The van der Waals surface area contributed by atoms with Crippen molar-refractivity contribution in [2.45, 2.75) is 38.5 Å². The van der Waals surface area contributed by atoms with Crippen LogP contribution in [-0.4, -0.2) is 11.0 Å². The van der Waals surface area contributed by atoms with Gasteiger partial charge in [-0.15, -0.1) is 0 Å². The summed E-state index contributed by atoms with van der Waals surface area (Å²) in [6.45, 7) is 6.52. The van der Waals surface area contributed by atoms with Crippen molar-refractivity contribution in [3.8, 4) is 0 Å². The van der Waals surface area contributed by atoms with Crippen molar-refractivity contribution < 1.29 is 4.42 Å². The Hall–Kier alpha value is -0.970. The minimum Gasteiger partial charge on any atom is -0.459 e. The van der Waals surface area contributed by atoms with E-state index in [0.717, 1.165) is 22.5 Å². The predicted octanol–water partition coefficient (Wildman–Crippen LogP) is 3.78. The number of furan rings is 1. The van der Waals surface area contributed by atoms with Crippen LogP contribution in [0, 0.1) is 6.92 Å². The summed E-state index contributed by atoms with van der Waals surface area (Å²) < 4.78 is 5.89. The Balaban J connectivity index is 2.16. The zero-order valence-corrected chi connectivity index (χ0v) is 12.6. The van der Waals surface area contributed by atoms with Gasteiger partial charge in [-0.05, 0) is 31.5 Å². The zero-order valence-electron chi connectivity index (χ0n) is 11.8. The van der Waals surface area contributed by atoms with Gasteiger partial charge >= 0.3 is 0 Å². The number of nitrogens with one attached hydrogen (secondary N) is 1. The van der Waals surface area contributed by atoms with Crippen LogP contribution in [-0.2, 0) is 0 Å². The Kier molecular flexibility index (Phi) is 4.91. The summed E-state index contributed by atoms with van der Waals surface area (Å²) in [6, 6.07) is 8.37. The number of fused-ring (bicyclic) bond motifs is 1. The Morgan fingerprint density at radius 1 is 1.37 bits per heavy atom. The average molecular weight is 278 g/mol. The van der Waals surface area contributed by atoms with Gasteiger partial charge in [-0.2, -0.15) is 11.8 Å². The number of thioether (sulfide) groups is 1. The Morgan fingerprint density at radius 3 is 2.84 bits per heavy atom. The predicted molar refractivity (Wildman–Crippen MR) is 83.2 cm³/mol. The van der Waals surface area contributed by atoms with Crippen molar-refractivity contribution in [1.82, 2.24) is 5.43 Å². The maximum atomic E-state index is 5.89. The lowest BCUT2D eigenvalue weighted by Crippen LogP contribution is -2.29. The highest BCUT2D eigenvalue weighted by Gasteiger charge is 2.16. The van der Waals surface area contributed by atoms with Gasteiger partial charge in [0.25, 0.3) is 0 Å². The molecule has 0 saturated carbocycles. The minimum absolute atomic E-state index is 0.0618. The van der Waals surface area contributed by atoms with Crippen molar-refractivity contribution >= 4 is 22.7 Å². The first-order valence-electron chi connectivity index (χ1n) is 6.71. The third-order valence-electron chi connectivity index (χ3n) is 3.36. The van der Waals surface area contributed by atoms with Crippen LogP contribution in [0.4, 0.5) is 0 Å². The van der Waals surface area contributed by atoms with Crippen LogP contribution >= 0.6 is 11.8 Å². The van der Waals surface area contributed by atoms with Crippen molar-refractivity contribution in [2.75, 3.05) is 5.75 Å². The van der Waals surface area contributed by atoms with Gasteiger partial charge in [0, 0.05) is 16.4 Å². The van der Waals surface area contributed by atoms with E-state index in [2.05, 4.69) is 44.4 Å². The lowest BCUT2D eigenvalue weighted by molar-refractivity contribution is 0.463. The highest BCUT2D eigenvalue weighted by molar-refractivity contribution is 7.99. The molecule has 2 unspecified atom stereocenters. The molecule has 4 heteroatoms. The summed E-state index contributed by atoms with van der Waals surface area (Å²) >= 11 is 1.91. The molecule has 1 aromatic carbocycles. The number of aryl methyl sites for hydroxylation is 1. The number of hydrazine groups is 1. The topological polar surface area (TPSA) is 51.2 Å². The van der Waals surface area contributed by atoms with E-state index in [9.17, 15) is 0 Å². The molecule has 2 aromatic rings. The summed E-state index contributed by atoms with van der Waals surface area (Å²) in [6.07, 6.45) is 1.17. The van der Waals surface area contributed by atoms with Crippen molar-refractivity contribution in [3.05, 3.63) is 35.6 Å². The van der Waals surface area contributed by atoms with E-state index in [-0.39, 0.29) is 6.04 Å². The fourth-order valence-electron chi connectivity index (χ4n) is 1.95. The zero-order chi connectivity index (χ0) is 13.8. The molecule has 0 fully saturated rings. The Bertz CT molecular complexity index is 538. The van der Waals surface area contributed by atoms with Crippen LogP contribution < -0.4 is 11.3 Å². The van der Waals surface area contributed by atoms with Gasteiger partial charge in [-0.3, -0.25) is 5.84 Å². The van der Waals surface area contributed by atoms with Gasteiger partial charge < -0.3 is 4.42 Å². The van der Waals surface area contributed by atoms with Crippen molar-refractivity contribution in [3.63, 3.8) is 0 Å². The Labute approximate surface area is 118 Å². The molecule has 0 spiro atoms. The number of benzene rings is 1. The lowest BCUT2D eigenvalue weighted by atomic mass is 10.1. The van der Waals surface area contributed by atoms with Crippen molar-refractivity contribution in [2.24, 2.45) is 5.84 Å². The van der Waals surface area contributed by atoms with Gasteiger partial charge in [0.05, 0.1) is 6.04 Å². The SMILES string of the molecule is CCC(C)SCC(NN)c1cc2cc(C)ccc2o1. The molecule has 2 atom stereocenters. The van der Waals surface area contributed by atoms with E-state index >= 15 is 0 Å². The number of hydrogen-bond acceptors (Lipinski definition) is 4. The summed E-state index contributed by atoms with van der Waals surface area (Å²) in [5.41, 5.74) is 5.03. The molecule has 2 rings (SSSR count). The molecule has 0 saturated heterocycles. The highest BCUT2D eigenvalue weighted by Crippen LogP contribution is 2.28. The quantitative estimate of drug-likeness (QED) is 0.623. The normalized spacial score (nSPS) is 14.7. The monoisotopic (exact) mass is 278 g/mol. The molecule has 0 amide bonds. The fraction of sp³-hybridized carbons (Fsp3) is 0.467. The minimum atomic E-state index is 0.0618. The standard InChI is InChI=1S/C15H22N2OS/c1-4-11(3)19-9-13(17-16)15-8-12-7-10(2)5-6-14(12)18-15/h5-8,11,13,17H,4,9,16H2,1-3H3. The van der Waals surface area contributed by atoms with Gasteiger partial charge in [0.15, 0.2) is 0 Å². The van der Waals surface area contributed by atoms with Crippen LogP contribution in [0.3, 0.4) is 0 Å². The maximum Gasteiger partial charge on any atom is 0.134 e. The van der Waals surface area contributed by atoms with Crippen LogP contribution in [0.25, 0.3) is 11.0 Å². The second-order valence-corrected chi connectivity index (χ2v) is 6.43. The van der Waals surface area contributed by atoms with E-state index in [1.165, 1.54) is 12.0 Å². The second-order valence-electron chi connectivity index (χ2n) is 4.96. The largest absolute Gasteiger partial charge is 0.459 e. The first-order chi connectivity index (χ1) is 9.13. The van der Waals surface area contributed by atoms with Crippen LogP contribution in [0.2, 0.25) is 0 Å². The van der Waals surface area contributed by atoms with Gasteiger partial charge in [0.1, 0.15) is 11.3 Å². The van der Waals surface area contributed by atoms with E-state index in [1.54, 1.807) is 0 Å². The van der Waals surface area contributed by atoms with Crippen LogP contribution in [0.15, 0.2) is 28.7 Å². The molecule has 3 N–H and O–H groups in total. The molecule has 1 aromatic heterocycles. The van der Waals surface area contributed by atoms with E-state index in [0.29, 0.717) is 5.25 Å². The smallest absolute Gasteiger partial charge is 0.134 e. The lowest BCUT2D eigenvalue weighted by Gasteiger charge is -2.15. The van der Waals surface area contributed by atoms with Gasteiger partial charge in [-0.25, -0.2) is 5.43 Å². The molecule has 0 aliphatic heterocycles. The number of nitrogens with two attached hydrogens (primary N) is 1. The highest BCUT2D eigenvalue weighted by atomic mass is 32.2. The van der Waals surface area contributed by atoms with Gasteiger partial charge in [0.2, 0.25) is 0 Å². The number of rotatable bonds is 6. The molecule has 0 aliphatic rings. The molecule has 19 heavy (non-hydrogen) atoms. The molecule has 1 heterocycles. The maximum absolute atomic E-state index is 5.89. The molecule has 0 bridgehead atoms. The molecular formula is C15H22N2OS. The van der Waals surface area contributed by atoms with Crippen LogP contribution in [0.5, 0.6) is 0 Å². The molecular weight excluding hydrogens is 256 g/mol. The first kappa shape index (κ1) is 14.4. The van der Waals surface area contributed by atoms with E-state index < -0.39 is 0 Å². The summed E-state index contributed by atoms with van der Waals surface area (Å²) in [4.78, 5) is 0. The second kappa shape index (κ2) is 6.46. The third-order valence-corrected chi connectivity index (χ3v) is 4.79. The summed E-state index contributed by atoms with van der Waals surface area (Å²) in [7, 11) is 0. The summed E-state index contributed by atoms with van der Waals surface area (Å²) in [5.74, 6) is 7.50. The Morgan fingerprint density at radius 2 is 2.16 bits per heavy atom. The first-order valence-corrected chi connectivity index (χ1v) is 7.76. The molecule has 104 valence electrons. The van der Waals surface area contributed by atoms with E-state index in [1.807, 2.05) is 17.8 Å². The van der Waals surface area contributed by atoms with Gasteiger partial charge in [-0.1, -0.05) is 25.5 Å². The van der Waals surface area contributed by atoms with Crippen molar-refractivity contribution in [1.29, 1.82) is 0 Å². The molecule has 3 nitrogen and oxygen atoms in total. The average Bonchev–Trinajstić information content (AvgIpc) is 2.81. The van der Waals surface area contributed by atoms with Crippen LogP contribution in [0.1, 0.15) is 37.6 Å². The molecule has 0 aliphatic carbocycles. The molecule has 0 radical (unpaired) electrons. The summed E-state index contributed by atoms with van der Waals surface area (Å²) in [5, 5.41) is 1.78.